The Morgan fingerprint density at radius 3 is 1.92 bits per heavy atom. The molecule has 1 amide bonds. The van der Waals surface area contributed by atoms with Gasteiger partial charge in [0.15, 0.2) is 28.5 Å². The molecule has 1 unspecified atom stereocenters. The van der Waals surface area contributed by atoms with E-state index in [9.17, 15) is 75.0 Å². The molecular formula is C41H34Cl2N10O20S6. The van der Waals surface area contributed by atoms with E-state index in [2.05, 4.69) is 59.7 Å². The molecule has 0 saturated heterocycles. The van der Waals surface area contributed by atoms with Gasteiger partial charge in [-0.2, -0.15) is 58.9 Å². The number of hydrogen-bond donors (Lipinski definition) is 9. The molecule has 9 N–H and O–H groups in total. The summed E-state index contributed by atoms with van der Waals surface area (Å²) in [7, 11) is -25.4. The summed E-state index contributed by atoms with van der Waals surface area (Å²) in [6, 6.07) is 14.2. The van der Waals surface area contributed by atoms with E-state index in [4.69, 9.17) is 27.8 Å². The Bertz CT molecular complexity index is 4350. The Balaban J connectivity index is 1.20. The van der Waals surface area contributed by atoms with Crippen molar-refractivity contribution in [1.82, 2.24) is 15.0 Å². The third-order valence-electron chi connectivity index (χ3n) is 10.4. The molecule has 1 atom stereocenters. The summed E-state index contributed by atoms with van der Waals surface area (Å²) in [4.78, 5) is 21.3. The summed E-state index contributed by atoms with van der Waals surface area (Å²) < 4.78 is 182. The number of azo groups is 2. The molecule has 0 aliphatic rings. The monoisotopic (exact) mass is 1250 g/mol. The van der Waals surface area contributed by atoms with Gasteiger partial charge in [0, 0.05) is 21.8 Å². The first kappa shape index (κ1) is 59.6. The van der Waals surface area contributed by atoms with E-state index in [0.29, 0.717) is 17.2 Å². The lowest BCUT2D eigenvalue weighted by Gasteiger charge is -2.15. The Labute approximate surface area is 458 Å². The molecule has 0 fully saturated rings. The van der Waals surface area contributed by atoms with Crippen molar-refractivity contribution in [2.75, 3.05) is 33.7 Å². The topological polar surface area (TPSA) is 469 Å². The number of carbonyl (C=O) groups is 1. The van der Waals surface area contributed by atoms with Gasteiger partial charge in [-0.3, -0.25) is 27.2 Å². The van der Waals surface area contributed by atoms with Crippen LogP contribution in [-0.2, 0) is 74.8 Å². The van der Waals surface area contributed by atoms with Crippen LogP contribution in [-0.4, -0.2) is 113 Å². The van der Waals surface area contributed by atoms with E-state index in [-0.39, 0.29) is 45.4 Å². The minimum Gasteiger partial charge on any atom is -0.505 e. The molecule has 7 rings (SSSR count). The van der Waals surface area contributed by atoms with Crippen molar-refractivity contribution in [2.45, 2.75) is 33.4 Å². The molecule has 0 saturated carbocycles. The molecule has 0 aliphatic heterocycles. The first-order valence-corrected chi connectivity index (χ1v) is 30.5. The van der Waals surface area contributed by atoms with Gasteiger partial charge >= 0.3 is 10.4 Å². The van der Waals surface area contributed by atoms with Crippen molar-refractivity contribution in [3.05, 3.63) is 95.3 Å². The number of rotatable bonds is 20. The van der Waals surface area contributed by atoms with Crippen LogP contribution in [0.1, 0.15) is 11.1 Å². The lowest BCUT2D eigenvalue weighted by atomic mass is 10.0. The van der Waals surface area contributed by atoms with E-state index in [1.807, 2.05) is 0 Å². The van der Waals surface area contributed by atoms with Crippen LogP contribution in [0.25, 0.3) is 21.5 Å². The van der Waals surface area contributed by atoms with Gasteiger partial charge in [0.25, 0.3) is 30.4 Å². The van der Waals surface area contributed by atoms with Gasteiger partial charge in [0.2, 0.25) is 32.9 Å². The number of sulfone groups is 1. The van der Waals surface area contributed by atoms with E-state index < -0.39 is 150 Å². The number of phenolic OH excluding ortho intramolecular Hbond substituents is 2. The third kappa shape index (κ3) is 14.4. The number of phenols is 2. The molecule has 418 valence electrons. The highest BCUT2D eigenvalue weighted by molar-refractivity contribution is 7.92. The maximum absolute atomic E-state index is 12.7. The Hall–Kier alpha value is -7.04. The van der Waals surface area contributed by atoms with E-state index in [1.165, 1.54) is 30.3 Å². The van der Waals surface area contributed by atoms with Crippen molar-refractivity contribution in [3.8, 4) is 11.5 Å². The second-order valence-electron chi connectivity index (χ2n) is 15.9. The fraction of sp³-hybridized carbons (Fsp3) is 0.122. The fourth-order valence-electron chi connectivity index (χ4n) is 7.11. The van der Waals surface area contributed by atoms with E-state index in [0.717, 1.165) is 42.5 Å². The lowest BCUT2D eigenvalue weighted by Crippen LogP contribution is -2.21. The van der Waals surface area contributed by atoms with Crippen LogP contribution < -0.4 is 16.0 Å². The molecule has 0 radical (unpaired) electrons. The number of aromatic hydroxyl groups is 2. The number of aryl methyl sites for hydroxylation is 2. The van der Waals surface area contributed by atoms with Crippen LogP contribution in [0.2, 0.25) is 5.28 Å². The van der Waals surface area contributed by atoms with Crippen LogP contribution in [0.4, 0.5) is 51.7 Å². The zero-order chi connectivity index (χ0) is 58.2. The number of nitrogens with one attached hydrogen (secondary N) is 3. The van der Waals surface area contributed by atoms with Crippen molar-refractivity contribution in [2.24, 2.45) is 20.5 Å². The Morgan fingerprint density at radius 1 is 0.684 bits per heavy atom. The zero-order valence-corrected chi connectivity index (χ0v) is 45.8. The smallest absolute Gasteiger partial charge is 0.398 e. The van der Waals surface area contributed by atoms with Crippen molar-refractivity contribution < 1.29 is 87.9 Å². The summed E-state index contributed by atoms with van der Waals surface area (Å²) >= 11 is 9.38. The standard InChI is InChI=1S/C41H34Cl2N10O20S6/c1-19-11-21-13-30(76(60,61)62)35(52-50-22-5-7-24(8-6-22)75(58,59)18-73-79(69,70)71)37(56)33(21)29(12-19)46-41-48-39(43)47-40(49-41)44-23-4-3-20(2)28(14-23)51-53-34-31(77(63,64)65)15-26-25(36(34)55)9-10-27(38(26)78(66,67)68)45-32(54)16-74(57)72-17-42/h3-15,55-56H,16-18H2,1-2H3,(H,45,54)(H,60,61,62)(H,63,64,65)(H,66,67,68)(H,69,70,71)(H2,44,46,47,48,49). The molecule has 7 aromatic rings. The number of anilines is 5. The quantitative estimate of drug-likeness (QED) is 0.0205. The maximum Gasteiger partial charge on any atom is 0.398 e. The molecule has 0 bridgehead atoms. The first-order valence-electron chi connectivity index (χ1n) is 21.0. The van der Waals surface area contributed by atoms with Gasteiger partial charge in [0.1, 0.15) is 37.9 Å². The van der Waals surface area contributed by atoms with Gasteiger partial charge in [-0.15, -0.1) is 10.2 Å². The average Bonchev–Trinajstić information content (AvgIpc) is 3.54. The summed E-state index contributed by atoms with van der Waals surface area (Å²) in [5, 5.41) is 44.7. The fourth-order valence-corrected chi connectivity index (χ4v) is 11.9. The number of benzene rings is 6. The molecule has 79 heavy (non-hydrogen) atoms. The third-order valence-corrected chi connectivity index (χ3v) is 16.3. The number of nitrogens with zero attached hydrogens (tertiary/aromatic N) is 7. The number of carbonyl (C=O) groups excluding carboxylic acids is 1. The van der Waals surface area contributed by atoms with Gasteiger partial charge < -0.3 is 26.2 Å². The van der Waals surface area contributed by atoms with Crippen molar-refractivity contribution >= 4 is 164 Å². The number of halogens is 2. The molecule has 0 spiro atoms. The van der Waals surface area contributed by atoms with Crippen molar-refractivity contribution in [1.29, 1.82) is 0 Å². The Morgan fingerprint density at radius 2 is 1.30 bits per heavy atom. The van der Waals surface area contributed by atoms with Gasteiger partial charge in [-0.1, -0.05) is 23.7 Å². The minimum absolute atomic E-state index is 0.00421. The van der Waals surface area contributed by atoms with Crippen LogP contribution in [0.15, 0.2) is 119 Å². The second kappa shape index (κ2) is 23.0. The molecular weight excluding hydrogens is 1220 g/mol. The summed E-state index contributed by atoms with van der Waals surface area (Å²) in [6.07, 6.45) is 0. The normalized spacial score (nSPS) is 13.1. The van der Waals surface area contributed by atoms with Crippen LogP contribution in [0.5, 0.6) is 11.5 Å². The van der Waals surface area contributed by atoms with Crippen LogP contribution in [0.3, 0.4) is 0 Å². The first-order chi connectivity index (χ1) is 36.7. The SMILES string of the molecule is Cc1cc(Nc2nc(Cl)nc(Nc3ccc(C)c(N=Nc4c(S(=O)(=O)O)cc5c(S(=O)(=O)O)c(NC(=O)CS(=O)OCCl)ccc5c4O)c3)n2)c2c(O)c(N=Nc3ccc(S(=O)(=O)COS(=O)(=O)O)cc3)c(S(=O)(=O)O)cc2c1. The number of amides is 1. The molecule has 0 aliphatic carbocycles. The number of hydrogen-bond acceptors (Lipinski definition) is 25. The molecule has 6 aromatic carbocycles. The molecule has 1 aromatic heterocycles. The largest absolute Gasteiger partial charge is 0.505 e. The van der Waals surface area contributed by atoms with Crippen molar-refractivity contribution in [3.63, 3.8) is 0 Å². The predicted molar refractivity (Wildman–Crippen MR) is 281 cm³/mol. The van der Waals surface area contributed by atoms with Gasteiger partial charge in [-0.05, 0) is 109 Å². The molecule has 30 nitrogen and oxygen atoms in total. The van der Waals surface area contributed by atoms with Crippen LogP contribution in [0, 0.1) is 13.8 Å². The molecule has 1 heterocycles. The Kier molecular flexibility index (Phi) is 17.3. The summed E-state index contributed by atoms with van der Waals surface area (Å²) in [5.74, 6) is -5.85. The predicted octanol–water partition coefficient (Wildman–Crippen LogP) is 7.28. The second-order valence-corrected chi connectivity index (χ2v) is 24.8. The molecule has 38 heteroatoms. The lowest BCUT2D eigenvalue weighted by molar-refractivity contribution is -0.113. The summed E-state index contributed by atoms with van der Waals surface area (Å²) in [6.45, 7) is 3.15. The van der Waals surface area contributed by atoms with Gasteiger partial charge in [-0.25, -0.2) is 16.8 Å². The highest BCUT2D eigenvalue weighted by Gasteiger charge is 2.30. The highest BCUT2D eigenvalue weighted by atomic mass is 35.5. The summed E-state index contributed by atoms with van der Waals surface area (Å²) in [5.41, 5.74) is -1.51. The highest BCUT2D eigenvalue weighted by Crippen LogP contribution is 2.47. The number of aromatic nitrogens is 3. The van der Waals surface area contributed by atoms with E-state index in [1.54, 1.807) is 13.8 Å². The number of alkyl halides is 1. The maximum atomic E-state index is 12.7. The van der Waals surface area contributed by atoms with Gasteiger partial charge in [0.05, 0.1) is 27.6 Å². The number of fused-ring (bicyclic) bond motifs is 2. The van der Waals surface area contributed by atoms with Crippen LogP contribution >= 0.6 is 23.2 Å². The minimum atomic E-state index is -5.41. The average molecular weight is 1250 g/mol. The zero-order valence-electron chi connectivity index (χ0n) is 39.4. The van der Waals surface area contributed by atoms with E-state index >= 15 is 0 Å².